The van der Waals surface area contributed by atoms with E-state index >= 15 is 0 Å². The van der Waals surface area contributed by atoms with Crippen molar-refractivity contribution in [3.63, 3.8) is 0 Å². The Morgan fingerprint density at radius 3 is 1.71 bits per heavy atom. The van der Waals surface area contributed by atoms with Gasteiger partial charge < -0.3 is 13.6 Å². The molecule has 0 bridgehead atoms. The van der Waals surface area contributed by atoms with Gasteiger partial charge in [-0.05, 0) is 83.9 Å². The summed E-state index contributed by atoms with van der Waals surface area (Å²) in [5, 5.41) is 17.5. The van der Waals surface area contributed by atoms with Crippen molar-refractivity contribution in [2.45, 2.75) is 0 Å². The maximum Gasteiger partial charge on any atom is 0.164 e. The molecule has 302 valence electrons. The zero-order valence-corrected chi connectivity index (χ0v) is 34.7. The van der Waals surface area contributed by atoms with Crippen LogP contribution in [-0.2, 0) is 0 Å². The van der Waals surface area contributed by atoms with Crippen molar-refractivity contribution >= 4 is 65.6 Å². The lowest BCUT2D eigenvalue weighted by molar-refractivity contribution is 0.670. The topological polar surface area (TPSA) is 85.5 Å². The maximum atomic E-state index is 11.0. The minimum absolute atomic E-state index is 0.481. The van der Waals surface area contributed by atoms with E-state index < -0.39 is 0 Å². The van der Waals surface area contributed by atoms with Crippen LogP contribution in [0.25, 0.3) is 122 Å². The predicted molar refractivity (Wildman–Crippen MR) is 262 cm³/mol. The van der Waals surface area contributed by atoms with Gasteiger partial charge in [0.1, 0.15) is 17.2 Å². The molecule has 0 amide bonds. The van der Waals surface area contributed by atoms with Gasteiger partial charge >= 0.3 is 0 Å². The highest BCUT2D eigenvalue weighted by molar-refractivity contribution is 6.29. The van der Waals surface area contributed by atoms with Gasteiger partial charge in [-0.1, -0.05) is 133 Å². The number of fused-ring (bicyclic) bond motifs is 10. The quantitative estimate of drug-likeness (QED) is 0.167. The molecule has 13 aromatic rings. The average molecular weight is 831 g/mol. The third kappa shape index (κ3) is 5.78. The molecule has 0 saturated heterocycles. The number of furan rings is 1. The lowest BCUT2D eigenvalue weighted by Gasteiger charge is -2.13. The largest absolute Gasteiger partial charge is 0.456 e. The van der Waals surface area contributed by atoms with Crippen molar-refractivity contribution < 1.29 is 4.42 Å². The monoisotopic (exact) mass is 830 g/mol. The average Bonchev–Trinajstić information content (AvgIpc) is 4.03. The van der Waals surface area contributed by atoms with Crippen LogP contribution in [0.15, 0.2) is 211 Å². The predicted octanol–water partition coefficient (Wildman–Crippen LogP) is 14.5. The summed E-state index contributed by atoms with van der Waals surface area (Å²) < 4.78 is 11.3. The first-order chi connectivity index (χ1) is 32.2. The first-order valence-corrected chi connectivity index (χ1v) is 21.6. The van der Waals surface area contributed by atoms with Crippen molar-refractivity contribution in [3.8, 4) is 62.7 Å². The fraction of sp³-hybridized carbons (Fsp3) is 0. The van der Waals surface area contributed by atoms with Crippen LogP contribution in [0.3, 0.4) is 0 Å². The van der Waals surface area contributed by atoms with E-state index in [4.69, 9.17) is 19.4 Å². The summed E-state index contributed by atoms with van der Waals surface area (Å²) in [7, 11) is 0. The summed E-state index contributed by atoms with van der Waals surface area (Å²) in [6, 6.07) is 73.1. The lowest BCUT2D eigenvalue weighted by Crippen LogP contribution is -2.02. The molecule has 0 radical (unpaired) electrons. The smallest absolute Gasteiger partial charge is 0.164 e. The number of hydrogen-bond acceptors (Lipinski definition) is 5. The van der Waals surface area contributed by atoms with Crippen LogP contribution < -0.4 is 0 Å². The molecule has 0 aliphatic rings. The molecular weight excluding hydrogens is 797 g/mol. The molecule has 7 nitrogen and oxygen atoms in total. The number of para-hydroxylation sites is 3. The van der Waals surface area contributed by atoms with Crippen LogP contribution in [0.5, 0.6) is 0 Å². The van der Waals surface area contributed by atoms with Gasteiger partial charge in [0.15, 0.2) is 17.5 Å². The Morgan fingerprint density at radius 2 is 0.969 bits per heavy atom. The normalized spacial score (nSPS) is 11.7. The van der Waals surface area contributed by atoms with Crippen molar-refractivity contribution in [1.29, 1.82) is 5.26 Å². The van der Waals surface area contributed by atoms with Crippen LogP contribution in [0.4, 0.5) is 0 Å². The van der Waals surface area contributed by atoms with E-state index in [1.54, 1.807) is 0 Å². The molecule has 0 saturated carbocycles. The Morgan fingerprint density at radius 1 is 0.369 bits per heavy atom. The molecule has 0 atom stereocenters. The molecule has 0 aliphatic carbocycles. The Kier molecular flexibility index (Phi) is 8.14. The summed E-state index contributed by atoms with van der Waals surface area (Å²) in [5.41, 5.74) is 12.8. The molecule has 0 aliphatic heterocycles. The molecule has 4 heterocycles. The van der Waals surface area contributed by atoms with Gasteiger partial charge in [0.2, 0.25) is 0 Å². The van der Waals surface area contributed by atoms with Gasteiger partial charge in [0.25, 0.3) is 0 Å². The van der Waals surface area contributed by atoms with Crippen LogP contribution in [0, 0.1) is 11.3 Å². The minimum Gasteiger partial charge on any atom is -0.456 e. The molecule has 0 unspecified atom stereocenters. The second kappa shape index (κ2) is 14.5. The van der Waals surface area contributed by atoms with Crippen molar-refractivity contribution in [2.24, 2.45) is 0 Å². The summed E-state index contributed by atoms with van der Waals surface area (Å²) in [6.07, 6.45) is 0. The number of rotatable bonds is 6. The molecule has 0 fully saturated rings. The van der Waals surface area contributed by atoms with E-state index in [-0.39, 0.29) is 0 Å². The Balaban J connectivity index is 1.01. The third-order valence-corrected chi connectivity index (χ3v) is 12.6. The van der Waals surface area contributed by atoms with E-state index in [0.717, 1.165) is 99.2 Å². The maximum absolute atomic E-state index is 11.0. The van der Waals surface area contributed by atoms with Gasteiger partial charge in [-0.15, -0.1) is 0 Å². The van der Waals surface area contributed by atoms with Crippen LogP contribution >= 0.6 is 0 Å². The molecule has 13 rings (SSSR count). The second-order valence-corrected chi connectivity index (χ2v) is 16.3. The van der Waals surface area contributed by atoms with Crippen LogP contribution in [-0.4, -0.2) is 24.1 Å². The molecule has 9 aromatic carbocycles. The molecule has 65 heavy (non-hydrogen) atoms. The molecular formula is C58H34N6O. The summed E-state index contributed by atoms with van der Waals surface area (Å²) in [5.74, 6) is 1.58. The van der Waals surface area contributed by atoms with Crippen LogP contribution in [0.2, 0.25) is 0 Å². The first-order valence-electron chi connectivity index (χ1n) is 21.6. The second-order valence-electron chi connectivity index (χ2n) is 16.3. The highest BCUT2D eigenvalue weighted by Gasteiger charge is 2.23. The lowest BCUT2D eigenvalue weighted by atomic mass is 10.0. The number of aromatic nitrogens is 5. The van der Waals surface area contributed by atoms with Gasteiger partial charge in [-0.25, -0.2) is 15.0 Å². The minimum atomic E-state index is 0.481. The van der Waals surface area contributed by atoms with Crippen LogP contribution in [0.1, 0.15) is 5.56 Å². The molecule has 7 heteroatoms. The SMILES string of the molecule is N#Cc1cc(-c2nc(-c3ccccc3)nc(-c3cccc(-c4ccccc4)c3)n2)ccc1-n1c2ccccc2c2cc3oc4ccc5c(c6ccccc6n5-c5ccccc5)c4c3cc21. The van der Waals surface area contributed by atoms with Crippen molar-refractivity contribution in [1.82, 2.24) is 24.1 Å². The Bertz CT molecular complexity index is 4070. The number of nitriles is 1. The highest BCUT2D eigenvalue weighted by Crippen LogP contribution is 2.44. The van der Waals surface area contributed by atoms with Gasteiger partial charge in [-0.2, -0.15) is 5.26 Å². The fourth-order valence-corrected chi connectivity index (χ4v) is 9.68. The highest BCUT2D eigenvalue weighted by atomic mass is 16.3. The molecule has 4 aromatic heterocycles. The van der Waals surface area contributed by atoms with Crippen molar-refractivity contribution in [2.75, 3.05) is 0 Å². The van der Waals surface area contributed by atoms with Crippen molar-refractivity contribution in [3.05, 3.63) is 212 Å². The number of benzene rings is 9. The summed E-state index contributed by atoms with van der Waals surface area (Å²) >= 11 is 0. The van der Waals surface area contributed by atoms with E-state index in [9.17, 15) is 5.26 Å². The number of hydrogen-bond donors (Lipinski definition) is 0. The van der Waals surface area contributed by atoms with Gasteiger partial charge in [0.05, 0.1) is 33.3 Å². The number of nitrogens with zero attached hydrogens (tertiary/aromatic N) is 6. The Hall–Kier alpha value is -9.12. The zero-order chi connectivity index (χ0) is 43.0. The molecule has 0 spiro atoms. The molecule has 0 N–H and O–H groups in total. The third-order valence-electron chi connectivity index (χ3n) is 12.6. The summed E-state index contributed by atoms with van der Waals surface area (Å²) in [6.45, 7) is 0. The van der Waals surface area contributed by atoms with E-state index in [2.05, 4.69) is 130 Å². The van der Waals surface area contributed by atoms with E-state index in [1.165, 1.54) is 0 Å². The fourth-order valence-electron chi connectivity index (χ4n) is 9.68. The standard InChI is InChI=1S/C58H34N6O/c59-35-41-32-40(58-61-56(37-17-6-2-7-18-37)60-57(62-58)39-20-14-19-38(31-39)36-15-4-1-5-16-36)27-28-47(41)64-48-25-12-10-23-43(48)45-34-53-46(33-51(45)64)55-52(65-53)30-29-50-54(55)44-24-11-13-26-49(44)63(50)42-21-8-3-9-22-42/h1-34H. The van der Waals surface area contributed by atoms with E-state index in [0.29, 0.717) is 28.6 Å². The Labute approximate surface area is 372 Å². The first kappa shape index (κ1) is 36.5. The summed E-state index contributed by atoms with van der Waals surface area (Å²) in [4.78, 5) is 15.1. The van der Waals surface area contributed by atoms with E-state index in [1.807, 2.05) is 91.0 Å². The van der Waals surface area contributed by atoms with Gasteiger partial charge in [-0.3, -0.25) is 0 Å². The van der Waals surface area contributed by atoms with Gasteiger partial charge in [0, 0.05) is 54.7 Å². The zero-order valence-electron chi connectivity index (χ0n) is 34.7.